The molecule has 1 aromatic carbocycles. The van der Waals surface area contributed by atoms with Crippen LogP contribution in [0.5, 0.6) is 5.75 Å². The lowest BCUT2D eigenvalue weighted by Gasteiger charge is -2.20. The first-order valence-corrected chi connectivity index (χ1v) is 7.58. The van der Waals surface area contributed by atoms with Gasteiger partial charge in [0.05, 0.1) is 7.11 Å². The highest BCUT2D eigenvalue weighted by Gasteiger charge is 2.54. The molecule has 3 unspecified atom stereocenters. The van der Waals surface area contributed by atoms with Crippen molar-refractivity contribution in [2.75, 3.05) is 14.2 Å². The zero-order valence-electron chi connectivity index (χ0n) is 12.3. The average molecular weight is 259 g/mol. The lowest BCUT2D eigenvalue weighted by atomic mass is 9.97. The number of hydrogen-bond acceptors (Lipinski definition) is 2. The van der Waals surface area contributed by atoms with Crippen LogP contribution in [0.4, 0.5) is 0 Å². The second-order valence-corrected chi connectivity index (χ2v) is 6.20. The van der Waals surface area contributed by atoms with Crippen LogP contribution < -0.4 is 10.1 Å². The fourth-order valence-corrected chi connectivity index (χ4v) is 4.19. The third-order valence-electron chi connectivity index (χ3n) is 5.14. The van der Waals surface area contributed by atoms with E-state index in [1.165, 1.54) is 36.8 Å². The van der Waals surface area contributed by atoms with Gasteiger partial charge in [-0.1, -0.05) is 30.5 Å². The van der Waals surface area contributed by atoms with E-state index >= 15 is 0 Å². The van der Waals surface area contributed by atoms with Crippen molar-refractivity contribution in [2.45, 2.75) is 38.6 Å². The highest BCUT2D eigenvalue weighted by molar-refractivity contribution is 5.40. The van der Waals surface area contributed by atoms with Crippen LogP contribution in [-0.2, 0) is 0 Å². The molecule has 0 bridgehead atoms. The molecule has 0 aromatic heterocycles. The maximum atomic E-state index is 5.57. The Balaban J connectivity index is 1.88. The summed E-state index contributed by atoms with van der Waals surface area (Å²) < 4.78 is 5.57. The third-order valence-corrected chi connectivity index (χ3v) is 5.14. The maximum absolute atomic E-state index is 5.57. The molecule has 3 rings (SSSR count). The highest BCUT2D eigenvalue weighted by atomic mass is 16.5. The zero-order valence-corrected chi connectivity index (χ0v) is 12.3. The summed E-state index contributed by atoms with van der Waals surface area (Å²) in [6.07, 6.45) is 5.72. The number of fused-ring (bicyclic) bond motifs is 1. The number of ether oxygens (including phenoxy) is 1. The van der Waals surface area contributed by atoms with Gasteiger partial charge in [-0.2, -0.15) is 0 Å². The average Bonchev–Trinajstić information content (AvgIpc) is 3.15. The molecule has 104 valence electrons. The van der Waals surface area contributed by atoms with Crippen molar-refractivity contribution in [3.63, 3.8) is 0 Å². The molecular formula is C17H25NO. The first-order valence-electron chi connectivity index (χ1n) is 7.58. The summed E-state index contributed by atoms with van der Waals surface area (Å²) in [5, 5.41) is 3.56. The van der Waals surface area contributed by atoms with Crippen molar-refractivity contribution >= 4 is 0 Å². The molecule has 0 aliphatic heterocycles. The van der Waals surface area contributed by atoms with Gasteiger partial charge in [0.2, 0.25) is 0 Å². The molecule has 0 heterocycles. The standard InChI is InChI=1S/C17H25NO/c1-11-8-9-15(19-3)14(10-11)17(18-2)16-12-6-4-5-7-13(12)16/h8-10,12-13,16-18H,4-7H2,1-3H3. The van der Waals surface area contributed by atoms with Crippen LogP contribution >= 0.6 is 0 Å². The monoisotopic (exact) mass is 259 g/mol. The van der Waals surface area contributed by atoms with Gasteiger partial charge >= 0.3 is 0 Å². The van der Waals surface area contributed by atoms with Crippen molar-refractivity contribution in [2.24, 2.45) is 17.8 Å². The van der Waals surface area contributed by atoms with Crippen LogP contribution in [0.25, 0.3) is 0 Å². The molecule has 2 nitrogen and oxygen atoms in total. The van der Waals surface area contributed by atoms with Crippen LogP contribution in [-0.4, -0.2) is 14.2 Å². The van der Waals surface area contributed by atoms with Gasteiger partial charge in [-0.25, -0.2) is 0 Å². The Hall–Kier alpha value is -1.02. The summed E-state index contributed by atoms with van der Waals surface area (Å²) in [6, 6.07) is 7.00. The van der Waals surface area contributed by atoms with Gasteiger partial charge in [0.1, 0.15) is 5.75 Å². The molecule has 0 amide bonds. The Bertz CT molecular complexity index is 445. The third kappa shape index (κ3) is 2.27. The topological polar surface area (TPSA) is 21.3 Å². The van der Waals surface area contributed by atoms with Gasteiger partial charge in [-0.05, 0) is 50.6 Å². The van der Waals surface area contributed by atoms with Crippen LogP contribution in [0.15, 0.2) is 18.2 Å². The van der Waals surface area contributed by atoms with Gasteiger partial charge in [0, 0.05) is 11.6 Å². The fourth-order valence-electron chi connectivity index (χ4n) is 4.19. The molecule has 0 saturated heterocycles. The SMILES string of the molecule is CNC(c1cc(C)ccc1OC)C1C2CCCCC21. The molecule has 2 heteroatoms. The molecule has 2 aliphatic carbocycles. The van der Waals surface area contributed by atoms with E-state index in [2.05, 4.69) is 37.5 Å². The van der Waals surface area contributed by atoms with Crippen LogP contribution in [0, 0.1) is 24.7 Å². The molecule has 2 saturated carbocycles. The van der Waals surface area contributed by atoms with E-state index in [-0.39, 0.29) is 0 Å². The van der Waals surface area contributed by atoms with Crippen molar-refractivity contribution in [3.8, 4) is 5.75 Å². The Morgan fingerprint density at radius 2 is 1.89 bits per heavy atom. The van der Waals surface area contributed by atoms with Crippen LogP contribution in [0.3, 0.4) is 0 Å². The Labute approximate surface area is 116 Å². The van der Waals surface area contributed by atoms with Crippen molar-refractivity contribution in [1.82, 2.24) is 5.32 Å². The molecule has 1 N–H and O–H groups in total. The lowest BCUT2D eigenvalue weighted by molar-refractivity contribution is 0.390. The first kappa shape index (κ1) is 13.0. The van der Waals surface area contributed by atoms with E-state index in [4.69, 9.17) is 4.74 Å². The largest absolute Gasteiger partial charge is 0.496 e. The Kier molecular flexibility index (Phi) is 3.53. The quantitative estimate of drug-likeness (QED) is 0.890. The minimum Gasteiger partial charge on any atom is -0.496 e. The van der Waals surface area contributed by atoms with E-state index in [0.29, 0.717) is 6.04 Å². The van der Waals surface area contributed by atoms with Gasteiger partial charge in [-0.3, -0.25) is 0 Å². The summed E-state index contributed by atoms with van der Waals surface area (Å²) in [4.78, 5) is 0. The molecular weight excluding hydrogens is 234 g/mol. The summed E-state index contributed by atoms with van der Waals surface area (Å²) in [5.41, 5.74) is 2.67. The summed E-state index contributed by atoms with van der Waals surface area (Å²) in [6.45, 7) is 2.16. The van der Waals surface area contributed by atoms with E-state index in [1.54, 1.807) is 7.11 Å². The fraction of sp³-hybridized carbons (Fsp3) is 0.647. The second kappa shape index (κ2) is 5.16. The number of benzene rings is 1. The minimum absolute atomic E-state index is 0.461. The van der Waals surface area contributed by atoms with Crippen molar-refractivity contribution in [3.05, 3.63) is 29.3 Å². The molecule has 2 fully saturated rings. The summed E-state index contributed by atoms with van der Waals surface area (Å²) in [5.74, 6) is 3.77. The number of rotatable bonds is 4. The molecule has 1 aromatic rings. The van der Waals surface area contributed by atoms with Crippen molar-refractivity contribution in [1.29, 1.82) is 0 Å². The summed E-state index contributed by atoms with van der Waals surface area (Å²) in [7, 11) is 3.87. The zero-order chi connectivity index (χ0) is 13.4. The van der Waals surface area contributed by atoms with E-state index in [9.17, 15) is 0 Å². The number of hydrogen-bond donors (Lipinski definition) is 1. The summed E-state index contributed by atoms with van der Waals surface area (Å²) >= 11 is 0. The molecule has 3 atom stereocenters. The van der Waals surface area contributed by atoms with E-state index in [1.807, 2.05) is 0 Å². The number of methoxy groups -OCH3 is 1. The van der Waals surface area contributed by atoms with Crippen molar-refractivity contribution < 1.29 is 4.74 Å². The minimum atomic E-state index is 0.461. The maximum Gasteiger partial charge on any atom is 0.123 e. The van der Waals surface area contributed by atoms with Gasteiger partial charge in [0.15, 0.2) is 0 Å². The number of nitrogens with one attached hydrogen (secondary N) is 1. The first-order chi connectivity index (χ1) is 9.26. The molecule has 0 spiro atoms. The Morgan fingerprint density at radius 1 is 1.21 bits per heavy atom. The molecule has 2 aliphatic rings. The number of aryl methyl sites for hydroxylation is 1. The van der Waals surface area contributed by atoms with Crippen LogP contribution in [0.1, 0.15) is 42.9 Å². The van der Waals surface area contributed by atoms with Gasteiger partial charge < -0.3 is 10.1 Å². The molecule has 0 radical (unpaired) electrons. The highest BCUT2D eigenvalue weighted by Crippen LogP contribution is 2.60. The normalized spacial score (nSPS) is 30.6. The predicted molar refractivity (Wildman–Crippen MR) is 78.5 cm³/mol. The molecule has 19 heavy (non-hydrogen) atoms. The smallest absolute Gasteiger partial charge is 0.123 e. The van der Waals surface area contributed by atoms with Gasteiger partial charge in [-0.15, -0.1) is 0 Å². The van der Waals surface area contributed by atoms with Gasteiger partial charge in [0.25, 0.3) is 0 Å². The van der Waals surface area contributed by atoms with Crippen LogP contribution in [0.2, 0.25) is 0 Å². The Morgan fingerprint density at radius 3 is 2.47 bits per heavy atom. The predicted octanol–water partition coefficient (Wildman–Crippen LogP) is 3.70. The van der Waals surface area contributed by atoms with E-state index in [0.717, 1.165) is 23.5 Å². The lowest BCUT2D eigenvalue weighted by Crippen LogP contribution is -2.20. The second-order valence-electron chi connectivity index (χ2n) is 6.20. The van der Waals surface area contributed by atoms with E-state index < -0.39 is 0 Å².